The smallest absolute Gasteiger partial charge is 0.236 e. The van der Waals surface area contributed by atoms with Crippen molar-refractivity contribution in [3.63, 3.8) is 0 Å². The largest absolute Gasteiger partial charge is 0.340 e. The van der Waals surface area contributed by atoms with Gasteiger partial charge in [0.15, 0.2) is 0 Å². The number of likely N-dealkylation sites (N-methyl/N-ethyl adjacent to an activating group) is 1. The predicted molar refractivity (Wildman–Crippen MR) is 100 cm³/mol. The van der Waals surface area contributed by atoms with E-state index in [0.717, 1.165) is 5.56 Å². The molecule has 0 saturated heterocycles. The van der Waals surface area contributed by atoms with Crippen molar-refractivity contribution in [3.05, 3.63) is 69.5 Å². The zero-order valence-electron chi connectivity index (χ0n) is 14.4. The van der Waals surface area contributed by atoms with E-state index < -0.39 is 5.54 Å². The number of nitrogens with one attached hydrogen (secondary N) is 1. The first kappa shape index (κ1) is 19.7. The molecule has 0 heterocycles. The number of benzene rings is 2. The summed E-state index contributed by atoms with van der Waals surface area (Å²) in [5, 5.41) is 4.17. The number of carbonyl (C=O) groups is 1. The Labute approximate surface area is 157 Å². The molecule has 6 heteroatoms. The molecule has 0 spiro atoms. The quantitative estimate of drug-likeness (QED) is 0.790. The van der Waals surface area contributed by atoms with Crippen LogP contribution in [-0.2, 0) is 16.9 Å². The van der Waals surface area contributed by atoms with E-state index in [2.05, 4.69) is 5.32 Å². The van der Waals surface area contributed by atoms with E-state index in [9.17, 15) is 9.18 Å². The Kier molecular flexibility index (Phi) is 6.44. The predicted octanol–water partition coefficient (Wildman–Crippen LogP) is 4.62. The van der Waals surface area contributed by atoms with Gasteiger partial charge in [-0.15, -0.1) is 0 Å². The van der Waals surface area contributed by atoms with Crippen LogP contribution in [0.1, 0.15) is 25.0 Å². The maximum absolute atomic E-state index is 13.7. The third-order valence-electron chi connectivity index (χ3n) is 4.11. The van der Waals surface area contributed by atoms with Gasteiger partial charge in [-0.2, -0.15) is 0 Å². The molecule has 0 aliphatic heterocycles. The van der Waals surface area contributed by atoms with Gasteiger partial charge in [-0.1, -0.05) is 47.5 Å². The average molecular weight is 383 g/mol. The molecule has 2 rings (SSSR count). The third kappa shape index (κ3) is 5.18. The molecule has 0 aliphatic carbocycles. The van der Waals surface area contributed by atoms with Gasteiger partial charge < -0.3 is 4.90 Å². The van der Waals surface area contributed by atoms with Crippen LogP contribution in [0.25, 0.3) is 0 Å². The molecule has 0 saturated carbocycles. The fourth-order valence-electron chi connectivity index (χ4n) is 2.39. The molecule has 2 aromatic carbocycles. The van der Waals surface area contributed by atoms with Crippen LogP contribution < -0.4 is 5.32 Å². The molecule has 134 valence electrons. The molecule has 0 unspecified atom stereocenters. The first-order valence-electron chi connectivity index (χ1n) is 7.88. The molecule has 25 heavy (non-hydrogen) atoms. The van der Waals surface area contributed by atoms with Gasteiger partial charge in [-0.3, -0.25) is 10.1 Å². The fraction of sp³-hybridized carbons (Fsp3) is 0.316. The molecule has 0 bridgehead atoms. The Balaban J connectivity index is 1.98. The Morgan fingerprint density at radius 2 is 1.84 bits per heavy atom. The molecule has 0 atom stereocenters. The van der Waals surface area contributed by atoms with Crippen molar-refractivity contribution < 1.29 is 9.18 Å². The second kappa shape index (κ2) is 8.17. The zero-order chi connectivity index (χ0) is 18.6. The van der Waals surface area contributed by atoms with E-state index in [0.29, 0.717) is 15.6 Å². The monoisotopic (exact) mass is 382 g/mol. The van der Waals surface area contributed by atoms with Crippen LogP contribution >= 0.6 is 23.2 Å². The van der Waals surface area contributed by atoms with Crippen molar-refractivity contribution in [2.45, 2.75) is 25.9 Å². The highest BCUT2D eigenvalue weighted by Gasteiger charge is 2.23. The topological polar surface area (TPSA) is 32.3 Å². The standard InChI is InChI=1S/C19H21Cl2FN2O/c1-19(2,14-8-9-15(20)16(21)10-14)23-11-18(25)24(3)12-13-6-4-5-7-17(13)22/h4-10,23H,11-12H2,1-3H3. The van der Waals surface area contributed by atoms with Crippen molar-refractivity contribution in [1.82, 2.24) is 10.2 Å². The molecule has 0 fully saturated rings. The second-order valence-electron chi connectivity index (χ2n) is 6.45. The number of carbonyl (C=O) groups excluding carboxylic acids is 1. The van der Waals surface area contributed by atoms with Gasteiger partial charge in [0.05, 0.1) is 16.6 Å². The van der Waals surface area contributed by atoms with Crippen molar-refractivity contribution >= 4 is 29.1 Å². The molecule has 2 aromatic rings. The van der Waals surface area contributed by atoms with Gasteiger partial charge in [0.2, 0.25) is 5.91 Å². The number of hydrogen-bond acceptors (Lipinski definition) is 2. The molecule has 1 amide bonds. The normalized spacial score (nSPS) is 11.4. The summed E-state index contributed by atoms with van der Waals surface area (Å²) in [5.74, 6) is -0.442. The van der Waals surface area contributed by atoms with E-state index in [-0.39, 0.29) is 24.8 Å². The Morgan fingerprint density at radius 1 is 1.16 bits per heavy atom. The molecule has 0 aliphatic rings. The minimum Gasteiger partial charge on any atom is -0.340 e. The van der Waals surface area contributed by atoms with Crippen LogP contribution in [0.3, 0.4) is 0 Å². The third-order valence-corrected chi connectivity index (χ3v) is 4.85. The van der Waals surface area contributed by atoms with Gasteiger partial charge in [0.1, 0.15) is 5.82 Å². The highest BCUT2D eigenvalue weighted by molar-refractivity contribution is 6.42. The number of amides is 1. The first-order valence-corrected chi connectivity index (χ1v) is 8.64. The van der Waals surface area contributed by atoms with Crippen molar-refractivity contribution in [2.24, 2.45) is 0 Å². The van der Waals surface area contributed by atoms with Crippen LogP contribution in [0.2, 0.25) is 10.0 Å². The van der Waals surface area contributed by atoms with E-state index >= 15 is 0 Å². The molecular formula is C19H21Cl2FN2O. The Bertz CT molecular complexity index is 765. The Hall–Kier alpha value is -1.62. The lowest BCUT2D eigenvalue weighted by Crippen LogP contribution is -2.43. The summed E-state index contributed by atoms with van der Waals surface area (Å²) in [5.41, 5.74) is 0.941. The summed E-state index contributed by atoms with van der Waals surface area (Å²) in [7, 11) is 1.66. The van der Waals surface area contributed by atoms with Crippen LogP contribution in [0, 0.1) is 5.82 Å². The summed E-state index contributed by atoms with van der Waals surface area (Å²) in [4.78, 5) is 13.8. The average Bonchev–Trinajstić information content (AvgIpc) is 2.57. The summed E-state index contributed by atoms with van der Waals surface area (Å²) in [6.07, 6.45) is 0. The summed E-state index contributed by atoms with van der Waals surface area (Å²) in [6.45, 7) is 4.26. The number of halogens is 3. The SMILES string of the molecule is CN(Cc1ccccc1F)C(=O)CNC(C)(C)c1ccc(Cl)c(Cl)c1. The lowest BCUT2D eigenvalue weighted by Gasteiger charge is -2.28. The maximum atomic E-state index is 13.7. The minimum absolute atomic E-state index is 0.123. The molecule has 1 N–H and O–H groups in total. The lowest BCUT2D eigenvalue weighted by atomic mass is 9.94. The van der Waals surface area contributed by atoms with Gasteiger partial charge in [0, 0.05) is 24.7 Å². The van der Waals surface area contributed by atoms with E-state index in [1.165, 1.54) is 11.0 Å². The number of hydrogen-bond donors (Lipinski definition) is 1. The molecule has 3 nitrogen and oxygen atoms in total. The van der Waals surface area contributed by atoms with Gasteiger partial charge >= 0.3 is 0 Å². The highest BCUT2D eigenvalue weighted by atomic mass is 35.5. The minimum atomic E-state index is -0.470. The van der Waals surface area contributed by atoms with Crippen LogP contribution in [0.4, 0.5) is 4.39 Å². The zero-order valence-corrected chi connectivity index (χ0v) is 16.0. The number of nitrogens with zero attached hydrogens (tertiary/aromatic N) is 1. The molecule has 0 aromatic heterocycles. The summed E-state index contributed by atoms with van der Waals surface area (Å²) >= 11 is 12.0. The van der Waals surface area contributed by atoms with Crippen LogP contribution in [-0.4, -0.2) is 24.4 Å². The molecule has 0 radical (unpaired) electrons. The van der Waals surface area contributed by atoms with Crippen molar-refractivity contribution in [2.75, 3.05) is 13.6 Å². The fourth-order valence-corrected chi connectivity index (χ4v) is 2.69. The van der Waals surface area contributed by atoms with Crippen LogP contribution in [0.15, 0.2) is 42.5 Å². The first-order chi connectivity index (χ1) is 11.7. The van der Waals surface area contributed by atoms with E-state index in [4.69, 9.17) is 23.2 Å². The van der Waals surface area contributed by atoms with Gasteiger partial charge in [-0.05, 0) is 37.6 Å². The van der Waals surface area contributed by atoms with E-state index in [1.54, 1.807) is 37.4 Å². The van der Waals surface area contributed by atoms with Crippen LogP contribution in [0.5, 0.6) is 0 Å². The van der Waals surface area contributed by atoms with E-state index in [1.807, 2.05) is 19.9 Å². The van der Waals surface area contributed by atoms with Crippen molar-refractivity contribution in [3.8, 4) is 0 Å². The molecular weight excluding hydrogens is 362 g/mol. The van der Waals surface area contributed by atoms with Gasteiger partial charge in [0.25, 0.3) is 0 Å². The highest BCUT2D eigenvalue weighted by Crippen LogP contribution is 2.28. The van der Waals surface area contributed by atoms with Crippen molar-refractivity contribution in [1.29, 1.82) is 0 Å². The summed E-state index contributed by atoms with van der Waals surface area (Å²) < 4.78 is 13.7. The second-order valence-corrected chi connectivity index (χ2v) is 7.26. The lowest BCUT2D eigenvalue weighted by molar-refractivity contribution is -0.129. The summed E-state index contributed by atoms with van der Waals surface area (Å²) in [6, 6.07) is 11.8. The van der Waals surface area contributed by atoms with Gasteiger partial charge in [-0.25, -0.2) is 4.39 Å². The maximum Gasteiger partial charge on any atom is 0.236 e. The Morgan fingerprint density at radius 3 is 2.48 bits per heavy atom. The number of rotatable bonds is 6.